The summed E-state index contributed by atoms with van der Waals surface area (Å²) in [5, 5.41) is 10.6. The van der Waals surface area contributed by atoms with Crippen LogP contribution in [0.25, 0.3) is 0 Å². The van der Waals surface area contributed by atoms with Gasteiger partial charge in [0.1, 0.15) is 9.84 Å². The van der Waals surface area contributed by atoms with E-state index in [1.807, 2.05) is 0 Å². The summed E-state index contributed by atoms with van der Waals surface area (Å²) >= 11 is 1.14. The van der Waals surface area contributed by atoms with Crippen LogP contribution >= 0.6 is 11.3 Å². The summed E-state index contributed by atoms with van der Waals surface area (Å²) in [5.74, 6) is -0.235. The number of thiophene rings is 1. The van der Waals surface area contributed by atoms with E-state index in [1.165, 1.54) is 13.1 Å². The maximum Gasteiger partial charge on any atom is 0.244 e. The minimum absolute atomic E-state index is 0.0333. The van der Waals surface area contributed by atoms with Crippen LogP contribution in [0.4, 0.5) is 0 Å². The molecule has 0 saturated heterocycles. The van der Waals surface area contributed by atoms with Crippen molar-refractivity contribution in [1.82, 2.24) is 4.31 Å². The molecule has 0 fully saturated rings. The summed E-state index contributed by atoms with van der Waals surface area (Å²) < 4.78 is 47.2. The highest BCUT2D eigenvalue weighted by molar-refractivity contribution is 7.91. The zero-order valence-electron chi connectivity index (χ0n) is 10.0. The fourth-order valence-electron chi connectivity index (χ4n) is 1.26. The third kappa shape index (κ3) is 3.75. The molecule has 1 aromatic heterocycles. The predicted molar refractivity (Wildman–Crippen MR) is 69.8 cm³/mol. The van der Waals surface area contributed by atoms with Crippen LogP contribution in [0.5, 0.6) is 0 Å². The Kier molecular flexibility index (Phi) is 4.90. The van der Waals surface area contributed by atoms with E-state index in [4.69, 9.17) is 5.11 Å². The molecule has 1 rings (SSSR count). The molecule has 0 bridgehead atoms. The highest BCUT2D eigenvalue weighted by Gasteiger charge is 2.25. The topological polar surface area (TPSA) is 91.8 Å². The molecule has 104 valence electrons. The van der Waals surface area contributed by atoms with Gasteiger partial charge in [0.25, 0.3) is 0 Å². The summed E-state index contributed by atoms with van der Waals surface area (Å²) in [6, 6.07) is 1.41. The molecule has 0 aliphatic heterocycles. The summed E-state index contributed by atoms with van der Waals surface area (Å²) in [4.78, 5) is 0.382. The normalized spacial score (nSPS) is 13.1. The van der Waals surface area contributed by atoms with E-state index < -0.39 is 19.9 Å². The number of nitrogens with zero attached hydrogens (tertiary/aromatic N) is 1. The Hall–Kier alpha value is -0.480. The quantitative estimate of drug-likeness (QED) is 0.792. The molecular formula is C9H15NO5S3. The number of hydrogen-bond acceptors (Lipinski definition) is 6. The molecule has 0 radical (unpaired) electrons. The maximum atomic E-state index is 12.1. The van der Waals surface area contributed by atoms with Gasteiger partial charge in [-0.3, -0.25) is 0 Å². The lowest BCUT2D eigenvalue weighted by atomic mass is 10.5. The van der Waals surface area contributed by atoms with Crippen molar-refractivity contribution in [2.75, 3.05) is 25.6 Å². The van der Waals surface area contributed by atoms with Gasteiger partial charge in [0, 0.05) is 24.7 Å². The lowest BCUT2D eigenvalue weighted by molar-refractivity contribution is 0.282. The fraction of sp³-hybridized carbons (Fsp3) is 0.556. The summed E-state index contributed by atoms with van der Waals surface area (Å²) in [7, 11) is -5.64. The lowest BCUT2D eigenvalue weighted by Crippen LogP contribution is -2.31. The Labute approximate surface area is 111 Å². The van der Waals surface area contributed by atoms with Crippen LogP contribution < -0.4 is 0 Å². The van der Waals surface area contributed by atoms with Crippen molar-refractivity contribution in [1.29, 1.82) is 0 Å². The van der Waals surface area contributed by atoms with E-state index in [-0.39, 0.29) is 23.8 Å². The molecule has 0 aromatic carbocycles. The summed E-state index contributed by atoms with van der Waals surface area (Å²) in [6.45, 7) is -0.464. The molecule has 1 heterocycles. The number of aliphatic hydroxyl groups excluding tert-OH is 1. The van der Waals surface area contributed by atoms with Gasteiger partial charge >= 0.3 is 0 Å². The molecule has 1 aromatic rings. The molecule has 9 heteroatoms. The molecule has 0 spiro atoms. The van der Waals surface area contributed by atoms with Gasteiger partial charge < -0.3 is 5.11 Å². The molecule has 0 aliphatic carbocycles. The largest absolute Gasteiger partial charge is 0.391 e. The van der Waals surface area contributed by atoms with Crippen molar-refractivity contribution in [3.63, 3.8) is 0 Å². The van der Waals surface area contributed by atoms with Gasteiger partial charge in [-0.1, -0.05) is 0 Å². The second-order valence-electron chi connectivity index (χ2n) is 3.82. The van der Waals surface area contributed by atoms with Crippen molar-refractivity contribution >= 4 is 31.2 Å². The molecular weight excluding hydrogens is 298 g/mol. The smallest absolute Gasteiger partial charge is 0.244 e. The Balaban J connectivity index is 2.94. The van der Waals surface area contributed by atoms with Crippen molar-refractivity contribution in [3.05, 3.63) is 16.3 Å². The summed E-state index contributed by atoms with van der Waals surface area (Å²) in [6.07, 6.45) is 1.05. The lowest BCUT2D eigenvalue weighted by Gasteiger charge is -2.16. The molecule has 6 nitrogen and oxygen atoms in total. The molecule has 18 heavy (non-hydrogen) atoms. The first-order valence-electron chi connectivity index (χ1n) is 5.00. The van der Waals surface area contributed by atoms with Crippen LogP contribution in [0, 0.1) is 0 Å². The standard InChI is InChI=1S/C9H15NO5S3/c1-10(4-6-17(2,12)13)18(14,15)9-3-5-16-8(9)7-11/h3,5,11H,4,6-7H2,1-2H3. The van der Waals surface area contributed by atoms with Crippen LogP contribution in [0.2, 0.25) is 0 Å². The zero-order valence-corrected chi connectivity index (χ0v) is 12.5. The highest BCUT2D eigenvalue weighted by Crippen LogP contribution is 2.24. The molecule has 1 N–H and O–H groups in total. The molecule has 0 saturated carbocycles. The van der Waals surface area contributed by atoms with Gasteiger partial charge in [-0.05, 0) is 11.4 Å². The first kappa shape index (κ1) is 15.6. The van der Waals surface area contributed by atoms with E-state index in [0.717, 1.165) is 21.9 Å². The van der Waals surface area contributed by atoms with E-state index in [9.17, 15) is 16.8 Å². The highest BCUT2D eigenvalue weighted by atomic mass is 32.2. The van der Waals surface area contributed by atoms with Gasteiger partial charge in [-0.2, -0.15) is 4.31 Å². The van der Waals surface area contributed by atoms with Crippen molar-refractivity contribution in [2.24, 2.45) is 0 Å². The van der Waals surface area contributed by atoms with E-state index in [1.54, 1.807) is 5.38 Å². The minimum Gasteiger partial charge on any atom is -0.391 e. The van der Waals surface area contributed by atoms with Crippen LogP contribution in [0.15, 0.2) is 16.3 Å². The van der Waals surface area contributed by atoms with E-state index >= 15 is 0 Å². The van der Waals surface area contributed by atoms with Crippen LogP contribution in [-0.2, 0) is 26.5 Å². The molecule has 0 aliphatic rings. The second-order valence-corrected chi connectivity index (χ2v) is 9.10. The third-order valence-corrected chi connectivity index (χ3v) is 6.21. The van der Waals surface area contributed by atoms with E-state index in [2.05, 4.69) is 0 Å². The maximum absolute atomic E-state index is 12.1. The third-order valence-electron chi connectivity index (χ3n) is 2.31. The SMILES string of the molecule is CN(CCS(C)(=O)=O)S(=O)(=O)c1ccsc1CO. The van der Waals surface area contributed by atoms with Crippen LogP contribution in [0.1, 0.15) is 4.88 Å². The average molecular weight is 313 g/mol. The Morgan fingerprint density at radius 2 is 1.94 bits per heavy atom. The minimum atomic E-state index is -3.74. The van der Waals surface area contributed by atoms with Crippen molar-refractivity contribution in [2.45, 2.75) is 11.5 Å². The van der Waals surface area contributed by atoms with Crippen LogP contribution in [0.3, 0.4) is 0 Å². The Morgan fingerprint density at radius 3 is 2.44 bits per heavy atom. The average Bonchev–Trinajstić information content (AvgIpc) is 2.73. The Morgan fingerprint density at radius 1 is 1.33 bits per heavy atom. The number of rotatable bonds is 6. The van der Waals surface area contributed by atoms with Gasteiger partial charge in [0.15, 0.2) is 0 Å². The second kappa shape index (κ2) is 5.66. The number of sulfone groups is 1. The van der Waals surface area contributed by atoms with Gasteiger partial charge in [0.2, 0.25) is 10.0 Å². The predicted octanol–water partition coefficient (Wildman–Crippen LogP) is -0.0945. The van der Waals surface area contributed by atoms with Gasteiger partial charge in [-0.25, -0.2) is 16.8 Å². The molecule has 0 amide bonds. The first-order valence-corrected chi connectivity index (χ1v) is 9.38. The summed E-state index contributed by atoms with van der Waals surface area (Å²) in [5.41, 5.74) is 0. The van der Waals surface area contributed by atoms with Crippen molar-refractivity contribution in [3.8, 4) is 0 Å². The fourth-order valence-corrected chi connectivity index (χ4v) is 4.41. The van der Waals surface area contributed by atoms with E-state index in [0.29, 0.717) is 4.88 Å². The number of aliphatic hydroxyl groups is 1. The van der Waals surface area contributed by atoms with Crippen LogP contribution in [-0.4, -0.2) is 51.8 Å². The zero-order chi connectivity index (χ0) is 14.0. The van der Waals surface area contributed by atoms with Crippen molar-refractivity contribution < 1.29 is 21.9 Å². The van der Waals surface area contributed by atoms with Gasteiger partial charge in [-0.15, -0.1) is 11.3 Å². The number of sulfonamides is 1. The monoisotopic (exact) mass is 313 g/mol. The molecule has 0 unspecified atom stereocenters. The number of hydrogen-bond donors (Lipinski definition) is 1. The van der Waals surface area contributed by atoms with Gasteiger partial charge in [0.05, 0.1) is 17.3 Å². The molecule has 0 atom stereocenters. The Bertz CT molecular complexity index is 602. The first-order chi connectivity index (χ1) is 8.18.